The number of hydrogen-bond acceptors (Lipinski definition) is 5. The molecule has 0 unspecified atom stereocenters. The highest BCUT2D eigenvalue weighted by Gasteiger charge is 2.29. The minimum Gasteiger partial charge on any atom is -0.324 e. The van der Waals surface area contributed by atoms with Crippen molar-refractivity contribution in [3.63, 3.8) is 0 Å². The molecule has 2 aliphatic heterocycles. The van der Waals surface area contributed by atoms with Crippen LogP contribution in [0.5, 0.6) is 0 Å². The summed E-state index contributed by atoms with van der Waals surface area (Å²) in [5.41, 5.74) is 2.03. The number of sulfone groups is 1. The first kappa shape index (κ1) is 14.0. The molecule has 0 saturated carbocycles. The quantitative estimate of drug-likeness (QED) is 0.798. The van der Waals surface area contributed by atoms with Crippen LogP contribution in [0.1, 0.15) is 22.5 Å². The van der Waals surface area contributed by atoms with Gasteiger partial charge in [-0.15, -0.1) is 0 Å². The van der Waals surface area contributed by atoms with Crippen LogP contribution in [-0.4, -0.2) is 60.4 Å². The lowest BCUT2D eigenvalue weighted by atomic mass is 10.1. The second-order valence-electron chi connectivity index (χ2n) is 5.26. The summed E-state index contributed by atoms with van der Waals surface area (Å²) in [6.45, 7) is 1.15. The van der Waals surface area contributed by atoms with Crippen molar-refractivity contribution in [3.05, 3.63) is 23.5 Å². The lowest BCUT2D eigenvalue weighted by Gasteiger charge is -2.24. The number of dihydropyridines is 1. The Morgan fingerprint density at radius 3 is 2.86 bits per heavy atom. The Kier molecular flexibility index (Phi) is 3.40. The number of amides is 1. The molecule has 0 aromatic carbocycles. The van der Waals surface area contributed by atoms with E-state index in [1.807, 2.05) is 6.08 Å². The van der Waals surface area contributed by atoms with Gasteiger partial charge in [0, 0.05) is 38.2 Å². The zero-order valence-electron chi connectivity index (χ0n) is 11.7. The van der Waals surface area contributed by atoms with Gasteiger partial charge in [0.2, 0.25) is 0 Å². The summed E-state index contributed by atoms with van der Waals surface area (Å²) in [6.07, 6.45) is 7.96. The maximum absolute atomic E-state index is 12.3. The Morgan fingerprint density at radius 2 is 2.19 bits per heavy atom. The van der Waals surface area contributed by atoms with E-state index >= 15 is 0 Å². The van der Waals surface area contributed by atoms with Crippen LogP contribution in [0.15, 0.2) is 17.3 Å². The number of rotatable bonds is 3. The van der Waals surface area contributed by atoms with Crippen LogP contribution in [0.2, 0.25) is 0 Å². The largest absolute Gasteiger partial charge is 0.324 e. The molecular weight excluding hydrogens is 292 g/mol. The van der Waals surface area contributed by atoms with Gasteiger partial charge < -0.3 is 4.90 Å². The summed E-state index contributed by atoms with van der Waals surface area (Å²) in [7, 11) is -3.23. The second kappa shape index (κ2) is 5.10. The van der Waals surface area contributed by atoms with Crippen LogP contribution in [-0.2, 0) is 16.3 Å². The second-order valence-corrected chi connectivity index (χ2v) is 7.37. The standard InChI is InChI=1S/C13H16N4O3S/c1-21(19,20)9-16-6-4-12-11(13(16)18)8-17(15-12)10-3-2-5-14-7-10/h3,7-8H,2,4-6,9H2,1H3. The van der Waals surface area contributed by atoms with Crippen molar-refractivity contribution < 1.29 is 13.2 Å². The topological polar surface area (TPSA) is 84.6 Å². The van der Waals surface area contributed by atoms with Crippen molar-refractivity contribution in [2.45, 2.75) is 12.8 Å². The number of aliphatic imine (C=N–C) groups is 1. The summed E-state index contributed by atoms with van der Waals surface area (Å²) in [6, 6.07) is 0. The van der Waals surface area contributed by atoms with Crippen molar-refractivity contribution >= 4 is 27.7 Å². The molecule has 0 fully saturated rings. The van der Waals surface area contributed by atoms with Gasteiger partial charge in [-0.25, -0.2) is 13.1 Å². The van der Waals surface area contributed by atoms with E-state index in [2.05, 4.69) is 10.1 Å². The third-order valence-electron chi connectivity index (χ3n) is 3.42. The number of allylic oxidation sites excluding steroid dienone is 1. The van der Waals surface area contributed by atoms with E-state index in [4.69, 9.17) is 0 Å². The van der Waals surface area contributed by atoms with Gasteiger partial charge in [0.1, 0.15) is 5.88 Å². The van der Waals surface area contributed by atoms with E-state index in [1.165, 1.54) is 4.90 Å². The van der Waals surface area contributed by atoms with E-state index in [0.717, 1.165) is 24.9 Å². The zero-order valence-corrected chi connectivity index (χ0v) is 12.5. The minimum atomic E-state index is -3.23. The van der Waals surface area contributed by atoms with Crippen LogP contribution < -0.4 is 0 Å². The molecule has 0 aliphatic carbocycles. The summed E-state index contributed by atoms with van der Waals surface area (Å²) in [5.74, 6) is -0.526. The minimum absolute atomic E-state index is 0.249. The maximum Gasteiger partial charge on any atom is 0.258 e. The van der Waals surface area contributed by atoms with Gasteiger partial charge in [-0.3, -0.25) is 9.79 Å². The molecule has 112 valence electrons. The predicted molar refractivity (Wildman–Crippen MR) is 78.9 cm³/mol. The molecule has 0 N–H and O–H groups in total. The van der Waals surface area contributed by atoms with E-state index in [1.54, 1.807) is 17.1 Å². The van der Waals surface area contributed by atoms with E-state index in [0.29, 0.717) is 24.2 Å². The van der Waals surface area contributed by atoms with Crippen LogP contribution in [0.3, 0.4) is 0 Å². The van der Waals surface area contributed by atoms with Crippen molar-refractivity contribution in [2.24, 2.45) is 4.99 Å². The van der Waals surface area contributed by atoms with E-state index in [9.17, 15) is 13.2 Å². The molecular formula is C13H16N4O3S. The molecule has 0 spiro atoms. The summed E-state index contributed by atoms with van der Waals surface area (Å²) in [4.78, 5) is 17.9. The SMILES string of the molecule is CS(=O)(=O)CN1CCc2nn(C3=CCCN=C3)cc2C1=O. The van der Waals surface area contributed by atoms with Crippen LogP contribution in [0.25, 0.3) is 5.70 Å². The number of nitrogens with zero attached hydrogens (tertiary/aromatic N) is 4. The van der Waals surface area contributed by atoms with Gasteiger partial charge in [0.25, 0.3) is 5.91 Å². The average molecular weight is 308 g/mol. The molecule has 0 atom stereocenters. The Labute approximate surface area is 122 Å². The molecule has 0 saturated heterocycles. The van der Waals surface area contributed by atoms with E-state index in [-0.39, 0.29) is 11.8 Å². The van der Waals surface area contributed by atoms with Crippen LogP contribution in [0.4, 0.5) is 0 Å². The predicted octanol–water partition coefficient (Wildman–Crippen LogP) is 0.199. The van der Waals surface area contributed by atoms with Crippen LogP contribution in [0, 0.1) is 0 Å². The molecule has 0 radical (unpaired) electrons. The number of hydrogen-bond donors (Lipinski definition) is 0. The third-order valence-corrected chi connectivity index (χ3v) is 4.20. The first-order valence-electron chi connectivity index (χ1n) is 6.70. The normalized spacial score (nSPS) is 18.6. The smallest absolute Gasteiger partial charge is 0.258 e. The van der Waals surface area contributed by atoms with E-state index < -0.39 is 9.84 Å². The molecule has 1 aromatic rings. The summed E-state index contributed by atoms with van der Waals surface area (Å²) >= 11 is 0. The highest BCUT2D eigenvalue weighted by Crippen LogP contribution is 2.20. The molecule has 3 rings (SSSR count). The molecule has 7 nitrogen and oxygen atoms in total. The number of carbonyl (C=O) groups is 1. The first-order valence-corrected chi connectivity index (χ1v) is 8.76. The number of carbonyl (C=O) groups excluding carboxylic acids is 1. The monoisotopic (exact) mass is 308 g/mol. The Bertz CT molecular complexity index is 745. The van der Waals surface area contributed by atoms with Gasteiger partial charge in [-0.05, 0) is 6.42 Å². The molecule has 8 heteroatoms. The lowest BCUT2D eigenvalue weighted by molar-refractivity contribution is 0.0768. The highest BCUT2D eigenvalue weighted by molar-refractivity contribution is 7.90. The van der Waals surface area contributed by atoms with Gasteiger partial charge in [-0.1, -0.05) is 6.08 Å². The van der Waals surface area contributed by atoms with Gasteiger partial charge in [-0.2, -0.15) is 5.10 Å². The van der Waals surface area contributed by atoms with Crippen molar-refractivity contribution in [3.8, 4) is 0 Å². The molecule has 1 aromatic heterocycles. The van der Waals surface area contributed by atoms with Crippen molar-refractivity contribution in [1.29, 1.82) is 0 Å². The number of aromatic nitrogens is 2. The van der Waals surface area contributed by atoms with Crippen molar-refractivity contribution in [2.75, 3.05) is 25.2 Å². The Balaban J connectivity index is 1.89. The number of fused-ring (bicyclic) bond motifs is 1. The third kappa shape index (κ3) is 2.90. The first-order chi connectivity index (χ1) is 9.94. The van der Waals surface area contributed by atoms with Crippen LogP contribution >= 0.6 is 0 Å². The fraction of sp³-hybridized carbons (Fsp3) is 0.462. The molecule has 3 heterocycles. The van der Waals surface area contributed by atoms with Gasteiger partial charge >= 0.3 is 0 Å². The molecule has 1 amide bonds. The fourth-order valence-corrected chi connectivity index (χ4v) is 3.29. The highest BCUT2D eigenvalue weighted by atomic mass is 32.2. The molecule has 0 bridgehead atoms. The Morgan fingerprint density at radius 1 is 1.38 bits per heavy atom. The average Bonchev–Trinajstić information content (AvgIpc) is 2.87. The summed E-state index contributed by atoms with van der Waals surface area (Å²) in [5, 5.41) is 4.42. The van der Waals surface area contributed by atoms with Gasteiger partial charge in [0.15, 0.2) is 9.84 Å². The maximum atomic E-state index is 12.3. The van der Waals surface area contributed by atoms with Crippen molar-refractivity contribution in [1.82, 2.24) is 14.7 Å². The lowest BCUT2D eigenvalue weighted by Crippen LogP contribution is -2.40. The fourth-order valence-electron chi connectivity index (χ4n) is 2.47. The summed E-state index contributed by atoms with van der Waals surface area (Å²) < 4.78 is 24.4. The molecule has 2 aliphatic rings. The Hall–Kier alpha value is -1.96. The van der Waals surface area contributed by atoms with Gasteiger partial charge in [0.05, 0.1) is 17.0 Å². The zero-order chi connectivity index (χ0) is 15.0. The molecule has 21 heavy (non-hydrogen) atoms.